The number of aryl methyl sites for hydroxylation is 1. The topological polar surface area (TPSA) is 0 Å². The van der Waals surface area contributed by atoms with E-state index in [1.165, 1.54) is 16.3 Å². The van der Waals surface area contributed by atoms with Crippen LogP contribution in [-0.4, -0.2) is 0 Å². The van der Waals surface area contributed by atoms with Gasteiger partial charge in [-0.1, -0.05) is 63.2 Å². The molecule has 0 N–H and O–H groups in total. The molecule has 14 heavy (non-hydrogen) atoms. The number of fused-ring (bicyclic) bond motifs is 1. The molecule has 0 heterocycles. The number of hydrogen-bond acceptors (Lipinski definition) is 0. The molecule has 0 saturated carbocycles. The number of hydrogen-bond donors (Lipinski definition) is 0. The maximum atomic E-state index is 2.26. The van der Waals surface area contributed by atoms with Crippen LogP contribution in [0.25, 0.3) is 10.8 Å². The van der Waals surface area contributed by atoms with Gasteiger partial charge in [0.05, 0.1) is 0 Å². The summed E-state index contributed by atoms with van der Waals surface area (Å²) in [6.07, 6.45) is 1.12. The van der Waals surface area contributed by atoms with Crippen LogP contribution >= 0.6 is 0 Å². The Kier molecular flexibility index (Phi) is 4.18. The normalized spacial score (nSPS) is 9.36. The highest BCUT2D eigenvalue weighted by Crippen LogP contribution is 2.15. The summed E-state index contributed by atoms with van der Waals surface area (Å²) in [6, 6.07) is 15.1. The lowest BCUT2D eigenvalue weighted by molar-refractivity contribution is 1.15. The van der Waals surface area contributed by atoms with E-state index in [2.05, 4.69) is 49.4 Å². The van der Waals surface area contributed by atoms with Crippen molar-refractivity contribution >= 4 is 10.8 Å². The third-order valence-electron chi connectivity index (χ3n) is 2.22. The Bertz CT molecular complexity index is 388. The van der Waals surface area contributed by atoms with Crippen LogP contribution in [0.2, 0.25) is 0 Å². The van der Waals surface area contributed by atoms with Gasteiger partial charge in [-0.25, -0.2) is 0 Å². The molecule has 0 aromatic heterocycles. The first-order chi connectivity index (χ1) is 6.90. The molecule has 0 aliphatic heterocycles. The zero-order valence-corrected chi connectivity index (χ0v) is 9.25. The summed E-state index contributed by atoms with van der Waals surface area (Å²) in [4.78, 5) is 0. The lowest BCUT2D eigenvalue weighted by Gasteiger charge is -1.99. The predicted molar refractivity (Wildman–Crippen MR) is 64.7 cm³/mol. The van der Waals surface area contributed by atoms with Crippen LogP contribution in [0.1, 0.15) is 26.3 Å². The molecule has 0 unspecified atom stereocenters. The summed E-state index contributed by atoms with van der Waals surface area (Å²) >= 11 is 0. The molecule has 2 rings (SSSR count). The van der Waals surface area contributed by atoms with Crippen molar-refractivity contribution in [1.29, 1.82) is 0 Å². The zero-order valence-electron chi connectivity index (χ0n) is 9.25. The monoisotopic (exact) mass is 186 g/mol. The molecule has 0 fully saturated rings. The van der Waals surface area contributed by atoms with Gasteiger partial charge in [0.1, 0.15) is 0 Å². The van der Waals surface area contributed by atoms with Crippen LogP contribution in [-0.2, 0) is 6.42 Å². The van der Waals surface area contributed by atoms with Crippen LogP contribution < -0.4 is 0 Å². The fourth-order valence-electron chi connectivity index (χ4n) is 1.46. The van der Waals surface area contributed by atoms with Gasteiger partial charge >= 0.3 is 0 Å². The Morgan fingerprint density at radius 3 is 2.14 bits per heavy atom. The van der Waals surface area contributed by atoms with Crippen LogP contribution in [0.3, 0.4) is 0 Å². The quantitative estimate of drug-likeness (QED) is 0.618. The van der Waals surface area contributed by atoms with Gasteiger partial charge < -0.3 is 0 Å². The fraction of sp³-hybridized carbons (Fsp3) is 0.286. The van der Waals surface area contributed by atoms with Crippen molar-refractivity contribution in [3.8, 4) is 0 Å². The van der Waals surface area contributed by atoms with Crippen LogP contribution in [0.5, 0.6) is 0 Å². The Labute approximate surface area is 86.6 Å². The van der Waals surface area contributed by atoms with Crippen molar-refractivity contribution in [3.63, 3.8) is 0 Å². The van der Waals surface area contributed by atoms with E-state index < -0.39 is 0 Å². The van der Waals surface area contributed by atoms with E-state index in [1.54, 1.807) is 0 Å². The Balaban J connectivity index is 0.000000461. The molecule has 0 spiro atoms. The highest BCUT2D eigenvalue weighted by atomic mass is 14.0. The van der Waals surface area contributed by atoms with Gasteiger partial charge in [0.15, 0.2) is 0 Å². The second kappa shape index (κ2) is 5.43. The molecule has 0 radical (unpaired) electrons. The van der Waals surface area contributed by atoms with Crippen molar-refractivity contribution < 1.29 is 0 Å². The second-order valence-electron chi connectivity index (χ2n) is 3.04. The first kappa shape index (κ1) is 10.8. The zero-order chi connectivity index (χ0) is 10.4. The van der Waals surface area contributed by atoms with E-state index in [1.807, 2.05) is 13.8 Å². The second-order valence-corrected chi connectivity index (χ2v) is 3.04. The van der Waals surface area contributed by atoms with Gasteiger partial charge in [-0.3, -0.25) is 0 Å². The van der Waals surface area contributed by atoms with Crippen LogP contribution in [0.4, 0.5) is 0 Å². The van der Waals surface area contributed by atoms with Crippen molar-refractivity contribution in [1.82, 2.24) is 0 Å². The fourth-order valence-corrected chi connectivity index (χ4v) is 1.46. The van der Waals surface area contributed by atoms with E-state index in [9.17, 15) is 0 Å². The Hall–Kier alpha value is -1.30. The van der Waals surface area contributed by atoms with Crippen LogP contribution in [0, 0.1) is 0 Å². The number of rotatable bonds is 1. The first-order valence-corrected chi connectivity index (χ1v) is 5.38. The molecule has 2 aromatic rings. The summed E-state index contributed by atoms with van der Waals surface area (Å²) in [5, 5.41) is 2.67. The maximum Gasteiger partial charge on any atom is -0.0181 e. The van der Waals surface area contributed by atoms with E-state index >= 15 is 0 Å². The predicted octanol–water partition coefficient (Wildman–Crippen LogP) is 4.43. The van der Waals surface area contributed by atoms with E-state index in [0.717, 1.165) is 6.42 Å². The standard InChI is InChI=1S/C12H12.C2H6/c1-2-10-7-8-11-5-3-4-6-12(11)9-10;1-2/h3-9H,2H2,1H3;1-2H3. The van der Waals surface area contributed by atoms with E-state index in [-0.39, 0.29) is 0 Å². The lowest BCUT2D eigenvalue weighted by atomic mass is 10.1. The summed E-state index contributed by atoms with van der Waals surface area (Å²) in [5.41, 5.74) is 1.41. The smallest absolute Gasteiger partial charge is 0.0181 e. The molecule has 0 amide bonds. The maximum absolute atomic E-state index is 2.26. The Morgan fingerprint density at radius 1 is 0.857 bits per heavy atom. The molecule has 0 saturated heterocycles. The summed E-state index contributed by atoms with van der Waals surface area (Å²) in [7, 11) is 0. The molecule has 0 heteroatoms. The van der Waals surface area contributed by atoms with Gasteiger partial charge in [-0.2, -0.15) is 0 Å². The van der Waals surface area contributed by atoms with Crippen molar-refractivity contribution in [2.45, 2.75) is 27.2 Å². The highest BCUT2D eigenvalue weighted by molar-refractivity contribution is 5.82. The van der Waals surface area contributed by atoms with Crippen molar-refractivity contribution in [3.05, 3.63) is 48.0 Å². The molecule has 74 valence electrons. The minimum atomic E-state index is 1.12. The largest absolute Gasteiger partial charge is 0.0683 e. The molecular formula is C14H18. The average Bonchev–Trinajstić information content (AvgIpc) is 2.31. The molecular weight excluding hydrogens is 168 g/mol. The van der Waals surface area contributed by atoms with Gasteiger partial charge in [-0.05, 0) is 22.8 Å². The lowest BCUT2D eigenvalue weighted by Crippen LogP contribution is -1.79. The molecule has 0 aliphatic carbocycles. The van der Waals surface area contributed by atoms with E-state index in [4.69, 9.17) is 0 Å². The van der Waals surface area contributed by atoms with Gasteiger partial charge in [0.25, 0.3) is 0 Å². The summed E-state index contributed by atoms with van der Waals surface area (Å²) < 4.78 is 0. The third kappa shape index (κ3) is 2.35. The molecule has 2 aromatic carbocycles. The minimum absolute atomic E-state index is 1.12. The summed E-state index contributed by atoms with van der Waals surface area (Å²) in [5.74, 6) is 0. The van der Waals surface area contributed by atoms with E-state index in [0.29, 0.717) is 0 Å². The highest BCUT2D eigenvalue weighted by Gasteiger charge is 1.92. The summed E-state index contributed by atoms with van der Waals surface area (Å²) in [6.45, 7) is 6.18. The van der Waals surface area contributed by atoms with Crippen molar-refractivity contribution in [2.75, 3.05) is 0 Å². The average molecular weight is 186 g/mol. The van der Waals surface area contributed by atoms with Crippen LogP contribution in [0.15, 0.2) is 42.5 Å². The molecule has 0 atom stereocenters. The van der Waals surface area contributed by atoms with Gasteiger partial charge in [0, 0.05) is 0 Å². The molecule has 0 nitrogen and oxygen atoms in total. The third-order valence-corrected chi connectivity index (χ3v) is 2.22. The van der Waals surface area contributed by atoms with Gasteiger partial charge in [-0.15, -0.1) is 0 Å². The SMILES string of the molecule is CC.CCc1ccc2ccccc2c1. The van der Waals surface area contributed by atoms with Gasteiger partial charge in [0.2, 0.25) is 0 Å². The number of benzene rings is 2. The Morgan fingerprint density at radius 2 is 1.50 bits per heavy atom. The molecule has 0 aliphatic rings. The first-order valence-electron chi connectivity index (χ1n) is 5.38. The van der Waals surface area contributed by atoms with Crippen molar-refractivity contribution in [2.24, 2.45) is 0 Å². The minimum Gasteiger partial charge on any atom is -0.0683 e. The molecule has 0 bridgehead atoms.